The van der Waals surface area contributed by atoms with Crippen LogP contribution in [0.15, 0.2) is 24.3 Å². The fraction of sp³-hybridized carbons (Fsp3) is 0.647. The molecule has 0 aliphatic heterocycles. The number of nitrogens with two attached hydrogens (primary N) is 1. The Hall–Kier alpha value is -1.06. The smallest absolute Gasteiger partial charge is 0.119 e. The molecule has 20 heavy (non-hydrogen) atoms. The SMILES string of the molecule is CC(N)CCc1ccc(OCC2(O)CCCCC2)cc1. The van der Waals surface area contributed by atoms with E-state index in [9.17, 15) is 5.11 Å². The Morgan fingerprint density at radius 1 is 1.20 bits per heavy atom. The van der Waals surface area contributed by atoms with E-state index in [-0.39, 0.29) is 6.04 Å². The molecule has 2 rings (SSSR count). The highest BCUT2D eigenvalue weighted by Gasteiger charge is 2.29. The summed E-state index contributed by atoms with van der Waals surface area (Å²) in [6, 6.07) is 8.39. The first kappa shape index (κ1) is 15.3. The lowest BCUT2D eigenvalue weighted by Crippen LogP contribution is -2.37. The molecule has 1 atom stereocenters. The Labute approximate surface area is 122 Å². The molecule has 0 heterocycles. The number of hydrogen-bond acceptors (Lipinski definition) is 3. The van der Waals surface area contributed by atoms with Crippen molar-refractivity contribution in [1.82, 2.24) is 0 Å². The first-order valence-corrected chi connectivity index (χ1v) is 7.77. The first-order chi connectivity index (χ1) is 9.57. The second kappa shape index (κ2) is 7.09. The van der Waals surface area contributed by atoms with E-state index in [1.165, 1.54) is 12.0 Å². The van der Waals surface area contributed by atoms with E-state index >= 15 is 0 Å². The van der Waals surface area contributed by atoms with E-state index in [1.54, 1.807) is 0 Å². The lowest BCUT2D eigenvalue weighted by atomic mass is 9.85. The summed E-state index contributed by atoms with van der Waals surface area (Å²) in [6.07, 6.45) is 7.17. The van der Waals surface area contributed by atoms with E-state index < -0.39 is 5.60 Å². The molecule has 0 aromatic heterocycles. The quantitative estimate of drug-likeness (QED) is 0.840. The summed E-state index contributed by atoms with van der Waals surface area (Å²) >= 11 is 0. The second-order valence-electron chi connectivity index (χ2n) is 6.23. The van der Waals surface area contributed by atoms with Crippen molar-refractivity contribution in [3.63, 3.8) is 0 Å². The summed E-state index contributed by atoms with van der Waals surface area (Å²) < 4.78 is 5.75. The van der Waals surface area contributed by atoms with Crippen LogP contribution < -0.4 is 10.5 Å². The lowest BCUT2D eigenvalue weighted by molar-refractivity contribution is -0.0339. The number of aliphatic hydroxyl groups is 1. The van der Waals surface area contributed by atoms with Crippen LogP contribution in [0, 0.1) is 0 Å². The van der Waals surface area contributed by atoms with Crippen molar-refractivity contribution in [2.45, 2.75) is 63.5 Å². The van der Waals surface area contributed by atoms with Gasteiger partial charge < -0.3 is 15.6 Å². The fourth-order valence-corrected chi connectivity index (χ4v) is 2.72. The Bertz CT molecular complexity index is 394. The van der Waals surface area contributed by atoms with Crippen molar-refractivity contribution in [3.05, 3.63) is 29.8 Å². The van der Waals surface area contributed by atoms with Crippen molar-refractivity contribution in [2.75, 3.05) is 6.61 Å². The third kappa shape index (κ3) is 4.80. The van der Waals surface area contributed by atoms with Gasteiger partial charge in [0.05, 0.1) is 5.60 Å². The highest BCUT2D eigenvalue weighted by Crippen LogP contribution is 2.28. The Balaban J connectivity index is 1.81. The largest absolute Gasteiger partial charge is 0.491 e. The molecule has 0 amide bonds. The zero-order valence-electron chi connectivity index (χ0n) is 12.5. The van der Waals surface area contributed by atoms with Crippen LogP contribution in [0.5, 0.6) is 5.75 Å². The summed E-state index contributed by atoms with van der Waals surface area (Å²) in [6.45, 7) is 2.44. The highest BCUT2D eigenvalue weighted by atomic mass is 16.5. The van der Waals surface area contributed by atoms with Crippen molar-refractivity contribution < 1.29 is 9.84 Å². The topological polar surface area (TPSA) is 55.5 Å². The predicted molar refractivity (Wildman–Crippen MR) is 81.9 cm³/mol. The van der Waals surface area contributed by atoms with Crippen LogP contribution in [-0.2, 0) is 6.42 Å². The Morgan fingerprint density at radius 2 is 1.85 bits per heavy atom. The molecule has 1 aliphatic carbocycles. The van der Waals surface area contributed by atoms with Gasteiger partial charge in [-0.15, -0.1) is 0 Å². The minimum Gasteiger partial charge on any atom is -0.491 e. The van der Waals surface area contributed by atoms with Crippen LogP contribution in [0.4, 0.5) is 0 Å². The zero-order valence-corrected chi connectivity index (χ0v) is 12.5. The molecule has 1 aliphatic rings. The minimum atomic E-state index is -0.619. The summed E-state index contributed by atoms with van der Waals surface area (Å²) in [5.41, 5.74) is 6.43. The van der Waals surface area contributed by atoms with Gasteiger partial charge >= 0.3 is 0 Å². The van der Waals surface area contributed by atoms with Crippen LogP contribution >= 0.6 is 0 Å². The molecule has 0 saturated heterocycles. The normalized spacial score (nSPS) is 19.6. The van der Waals surface area contributed by atoms with Crippen molar-refractivity contribution in [3.8, 4) is 5.75 Å². The van der Waals surface area contributed by atoms with Gasteiger partial charge in [-0.1, -0.05) is 31.4 Å². The number of aryl methyl sites for hydroxylation is 1. The summed E-state index contributed by atoms with van der Waals surface area (Å²) in [7, 11) is 0. The standard InChI is InChI=1S/C17H27NO2/c1-14(18)5-6-15-7-9-16(10-8-15)20-13-17(19)11-3-2-4-12-17/h7-10,14,19H,2-6,11-13,18H2,1H3. The molecule has 0 radical (unpaired) electrons. The van der Waals surface area contributed by atoms with Gasteiger partial charge in [-0.05, 0) is 50.3 Å². The van der Waals surface area contributed by atoms with Crippen LogP contribution in [-0.4, -0.2) is 23.4 Å². The molecule has 1 fully saturated rings. The summed E-state index contributed by atoms with van der Waals surface area (Å²) in [4.78, 5) is 0. The lowest BCUT2D eigenvalue weighted by Gasteiger charge is -2.31. The average molecular weight is 277 g/mol. The molecule has 0 spiro atoms. The molecule has 1 unspecified atom stereocenters. The number of ether oxygens (including phenoxy) is 1. The van der Waals surface area contributed by atoms with E-state index in [2.05, 4.69) is 12.1 Å². The average Bonchev–Trinajstić information content (AvgIpc) is 2.45. The van der Waals surface area contributed by atoms with Crippen molar-refractivity contribution in [1.29, 1.82) is 0 Å². The van der Waals surface area contributed by atoms with Gasteiger partial charge in [-0.3, -0.25) is 0 Å². The Kier molecular flexibility index (Phi) is 5.44. The van der Waals surface area contributed by atoms with E-state index in [0.717, 1.165) is 44.3 Å². The summed E-state index contributed by atoms with van der Waals surface area (Å²) in [5, 5.41) is 10.4. The minimum absolute atomic E-state index is 0.242. The molecule has 1 aromatic carbocycles. The number of rotatable bonds is 6. The molecule has 1 aromatic rings. The van der Waals surface area contributed by atoms with Crippen LogP contribution in [0.3, 0.4) is 0 Å². The molecular weight excluding hydrogens is 250 g/mol. The molecular formula is C17H27NO2. The molecule has 3 heteroatoms. The van der Waals surface area contributed by atoms with E-state index in [4.69, 9.17) is 10.5 Å². The maximum absolute atomic E-state index is 10.4. The van der Waals surface area contributed by atoms with Gasteiger partial charge in [-0.25, -0.2) is 0 Å². The van der Waals surface area contributed by atoms with Gasteiger partial charge in [0.1, 0.15) is 12.4 Å². The van der Waals surface area contributed by atoms with Gasteiger partial charge in [0, 0.05) is 6.04 Å². The second-order valence-corrected chi connectivity index (χ2v) is 6.23. The van der Waals surface area contributed by atoms with Gasteiger partial charge in [0.2, 0.25) is 0 Å². The molecule has 1 saturated carbocycles. The zero-order chi connectivity index (χ0) is 14.4. The number of benzene rings is 1. The summed E-state index contributed by atoms with van der Waals surface area (Å²) in [5.74, 6) is 0.841. The number of hydrogen-bond donors (Lipinski definition) is 2. The van der Waals surface area contributed by atoms with Gasteiger partial charge in [0.25, 0.3) is 0 Å². The molecule has 3 N–H and O–H groups in total. The predicted octanol–water partition coefficient (Wildman–Crippen LogP) is 3.04. The van der Waals surface area contributed by atoms with Crippen molar-refractivity contribution >= 4 is 0 Å². The Morgan fingerprint density at radius 3 is 2.45 bits per heavy atom. The monoisotopic (exact) mass is 277 g/mol. The highest BCUT2D eigenvalue weighted by molar-refractivity contribution is 5.27. The maximum atomic E-state index is 10.4. The fourth-order valence-electron chi connectivity index (χ4n) is 2.72. The van der Waals surface area contributed by atoms with Crippen molar-refractivity contribution in [2.24, 2.45) is 5.73 Å². The maximum Gasteiger partial charge on any atom is 0.119 e. The van der Waals surface area contributed by atoms with Crippen LogP contribution in [0.25, 0.3) is 0 Å². The van der Waals surface area contributed by atoms with E-state index in [1.807, 2.05) is 19.1 Å². The van der Waals surface area contributed by atoms with Crippen LogP contribution in [0.2, 0.25) is 0 Å². The van der Waals surface area contributed by atoms with Crippen LogP contribution in [0.1, 0.15) is 51.0 Å². The van der Waals surface area contributed by atoms with Gasteiger partial charge in [0.15, 0.2) is 0 Å². The third-order valence-corrected chi connectivity index (χ3v) is 4.10. The van der Waals surface area contributed by atoms with E-state index in [0.29, 0.717) is 6.61 Å². The van der Waals surface area contributed by atoms with Gasteiger partial charge in [-0.2, -0.15) is 0 Å². The first-order valence-electron chi connectivity index (χ1n) is 7.77. The molecule has 3 nitrogen and oxygen atoms in total. The molecule has 112 valence electrons. The third-order valence-electron chi connectivity index (χ3n) is 4.10. The molecule has 0 bridgehead atoms.